The van der Waals surface area contributed by atoms with Crippen molar-refractivity contribution >= 4 is 40.0 Å². The number of aliphatic hydroxyl groups excluding tert-OH is 1. The number of phosphoric ester groups is 1. The summed E-state index contributed by atoms with van der Waals surface area (Å²) in [5, 5.41) is 10.1. The molecule has 4 N–H and O–H groups in total. The van der Waals surface area contributed by atoms with E-state index in [0.29, 0.717) is 11.2 Å². The fourth-order valence-corrected chi connectivity index (χ4v) is 6.86. The summed E-state index contributed by atoms with van der Waals surface area (Å²) in [5.74, 6) is -1.81. The molecule has 1 fully saturated rings. The molecule has 1 saturated heterocycles. The van der Waals surface area contributed by atoms with Gasteiger partial charge in [0.2, 0.25) is 0 Å². The third-order valence-electron chi connectivity index (χ3n) is 3.87. The van der Waals surface area contributed by atoms with Gasteiger partial charge in [0.15, 0.2) is 19.1 Å². The summed E-state index contributed by atoms with van der Waals surface area (Å²) < 4.78 is 48.8. The zero-order valence-electron chi connectivity index (χ0n) is 14.8. The zero-order chi connectivity index (χ0) is 22.3. The van der Waals surface area contributed by atoms with Gasteiger partial charge >= 0.3 is 0 Å². The van der Waals surface area contributed by atoms with Crippen LogP contribution >= 0.6 is 23.0 Å². The number of hydrogen-bond donors (Lipinski definition) is 3. The van der Waals surface area contributed by atoms with Gasteiger partial charge in [-0.05, 0) is 0 Å². The van der Waals surface area contributed by atoms with E-state index in [4.69, 9.17) is 15.4 Å². The van der Waals surface area contributed by atoms with Crippen molar-refractivity contribution < 1.29 is 51.9 Å². The van der Waals surface area contributed by atoms with E-state index in [2.05, 4.69) is 23.8 Å². The second-order valence-electron chi connectivity index (χ2n) is 6.23. The van der Waals surface area contributed by atoms with Crippen molar-refractivity contribution in [1.29, 1.82) is 0 Å². The van der Waals surface area contributed by atoms with E-state index >= 15 is 0 Å². The Hall–Kier alpha value is -1.28. The lowest BCUT2D eigenvalue weighted by atomic mass is 10.2. The Kier molecular flexibility index (Phi) is 6.50. The van der Waals surface area contributed by atoms with Crippen molar-refractivity contribution in [3.63, 3.8) is 0 Å². The van der Waals surface area contributed by atoms with Crippen molar-refractivity contribution in [2.75, 3.05) is 18.2 Å². The summed E-state index contributed by atoms with van der Waals surface area (Å²) in [6.07, 6.45) is -0.747. The minimum absolute atomic E-state index is 0.0165. The summed E-state index contributed by atoms with van der Waals surface area (Å²) in [6, 6.07) is 0. The second kappa shape index (κ2) is 8.34. The van der Waals surface area contributed by atoms with Gasteiger partial charge in [-0.3, -0.25) is 13.4 Å². The van der Waals surface area contributed by atoms with Crippen LogP contribution in [0.3, 0.4) is 0 Å². The van der Waals surface area contributed by atoms with Gasteiger partial charge in [-0.2, -0.15) is 0 Å². The predicted molar refractivity (Wildman–Crippen MR) is 91.2 cm³/mol. The highest BCUT2D eigenvalue weighted by Crippen LogP contribution is 2.60. The maximum absolute atomic E-state index is 11.7. The Morgan fingerprint density at radius 3 is 2.63 bits per heavy atom. The molecule has 6 atom stereocenters. The lowest BCUT2D eigenvalue weighted by Crippen LogP contribution is -2.27. The quantitative estimate of drug-likeness (QED) is 0.329. The molecule has 3 rings (SSSR count). The van der Waals surface area contributed by atoms with Crippen molar-refractivity contribution in [1.82, 2.24) is 19.5 Å². The monoisotopic (exact) mass is 486 g/mol. The molecular weight excluding hydrogens is 471 g/mol. The van der Waals surface area contributed by atoms with Crippen molar-refractivity contribution in [2.45, 2.75) is 24.9 Å². The van der Waals surface area contributed by atoms with Crippen LogP contribution < -0.4 is 20.4 Å². The first-order valence-corrected chi connectivity index (χ1v) is 13.0. The lowest BCUT2D eigenvalue weighted by molar-refractivity contribution is -0.234. The highest BCUT2D eigenvalue weighted by atomic mass is 31.3. The molecule has 3 unspecified atom stereocenters. The van der Waals surface area contributed by atoms with Gasteiger partial charge < -0.3 is 48.8 Å². The molecule has 0 saturated carbocycles. The molecule has 168 valence electrons. The van der Waals surface area contributed by atoms with Crippen LogP contribution in [0.15, 0.2) is 12.7 Å². The normalized spacial score (nSPS) is 28.1. The lowest BCUT2D eigenvalue weighted by Gasteiger charge is -2.33. The number of nitrogen functional groups attached to an aromatic ring is 1. The first kappa shape index (κ1) is 23.4. The van der Waals surface area contributed by atoms with Gasteiger partial charge in [-0.15, -0.1) is 0 Å². The van der Waals surface area contributed by atoms with Crippen LogP contribution in [0.4, 0.5) is 5.82 Å². The topological polar surface area (TPSA) is 258 Å². The summed E-state index contributed by atoms with van der Waals surface area (Å²) in [6.45, 7) is -0.837. The van der Waals surface area contributed by atoms with Crippen LogP contribution in [-0.2, 0) is 27.3 Å². The Labute approximate surface area is 168 Å². The average molecular weight is 486 g/mol. The van der Waals surface area contributed by atoms with Crippen LogP contribution in [-0.4, -0.2) is 54.2 Å². The minimum Gasteiger partial charge on any atom is -0.778 e. The third-order valence-corrected chi connectivity index (χ3v) is 8.95. The number of imidazole rings is 1. The van der Waals surface area contributed by atoms with Crippen molar-refractivity contribution in [2.24, 2.45) is 0 Å². The molecule has 1 aliphatic rings. The number of hydrogen-bond acceptors (Lipinski definition) is 14. The molecule has 0 spiro atoms. The van der Waals surface area contributed by atoms with E-state index < -0.39 is 54.0 Å². The number of aromatic nitrogens is 4. The molecule has 0 aromatic carbocycles. The molecular formula is C11H15N5O11P3-3. The van der Waals surface area contributed by atoms with E-state index in [-0.39, 0.29) is 12.2 Å². The Morgan fingerprint density at radius 1 is 1.27 bits per heavy atom. The minimum atomic E-state index is -5.55. The SMILES string of the molecule is Nc1ncnc2c1ncn2[C@H]1C[C@H](O)[C@@H](COP(=O)([O-])OP(=O)([O-])CP(=O)([O-])O)O1. The average Bonchev–Trinajstić information content (AvgIpc) is 3.14. The molecule has 0 bridgehead atoms. The molecule has 1 aliphatic heterocycles. The van der Waals surface area contributed by atoms with E-state index in [1.165, 1.54) is 17.2 Å². The number of nitrogens with two attached hydrogens (primary N) is 1. The van der Waals surface area contributed by atoms with Crippen LogP contribution in [0.2, 0.25) is 0 Å². The first-order valence-electron chi connectivity index (χ1n) is 8.03. The molecule has 2 aromatic rings. The predicted octanol–water partition coefficient (Wildman–Crippen LogP) is -2.38. The van der Waals surface area contributed by atoms with Crippen LogP contribution in [0, 0.1) is 0 Å². The number of anilines is 1. The maximum atomic E-state index is 11.7. The standard InChI is InChI=1S/C11H18N5O11P3/c12-10-9-11(14-3-13-10)16(4-15-9)8-1-6(17)7(26-8)2-25-30(23,24)27-29(21,22)5-28(18,19)20/h3-4,6-8,17H,1-2,5H2,(H,21,22)(H,23,24)(H2,12,13,14)(H2,18,19,20)/p-3/t6-,7+,8+/m0/s1. The van der Waals surface area contributed by atoms with E-state index in [9.17, 15) is 33.5 Å². The van der Waals surface area contributed by atoms with Crippen molar-refractivity contribution in [3.8, 4) is 0 Å². The van der Waals surface area contributed by atoms with E-state index in [1.54, 1.807) is 0 Å². The number of aliphatic hydroxyl groups is 1. The smallest absolute Gasteiger partial charge is 0.272 e. The highest BCUT2D eigenvalue weighted by molar-refractivity contribution is 7.72. The fourth-order valence-electron chi connectivity index (χ4n) is 2.70. The zero-order valence-corrected chi connectivity index (χ0v) is 17.5. The highest BCUT2D eigenvalue weighted by Gasteiger charge is 2.37. The Balaban J connectivity index is 1.64. The molecule has 19 heteroatoms. The maximum Gasteiger partial charge on any atom is 0.272 e. The largest absolute Gasteiger partial charge is 0.778 e. The number of fused-ring (bicyclic) bond motifs is 1. The summed E-state index contributed by atoms with van der Waals surface area (Å²) in [5.41, 5.74) is 6.28. The van der Waals surface area contributed by atoms with Gasteiger partial charge in [-0.1, -0.05) is 0 Å². The van der Waals surface area contributed by atoms with Gasteiger partial charge in [0.05, 0.1) is 24.9 Å². The van der Waals surface area contributed by atoms with Gasteiger partial charge in [-0.25, -0.2) is 15.0 Å². The number of ether oxygens (including phenoxy) is 1. The summed E-state index contributed by atoms with van der Waals surface area (Å²) >= 11 is 0. The molecule has 2 aromatic heterocycles. The molecule has 3 heterocycles. The summed E-state index contributed by atoms with van der Waals surface area (Å²) in [4.78, 5) is 54.1. The molecule has 0 radical (unpaired) electrons. The van der Waals surface area contributed by atoms with E-state index in [1.807, 2.05) is 0 Å². The van der Waals surface area contributed by atoms with Gasteiger partial charge in [0, 0.05) is 6.42 Å². The summed E-state index contributed by atoms with van der Waals surface area (Å²) in [7, 11) is -16.4. The molecule has 0 aliphatic carbocycles. The van der Waals surface area contributed by atoms with Gasteiger partial charge in [0.25, 0.3) is 7.82 Å². The number of rotatable bonds is 8. The molecule has 30 heavy (non-hydrogen) atoms. The Morgan fingerprint density at radius 2 is 1.97 bits per heavy atom. The first-order chi connectivity index (χ1) is 13.8. The van der Waals surface area contributed by atoms with Crippen molar-refractivity contribution in [3.05, 3.63) is 12.7 Å². The molecule has 0 amide bonds. The van der Waals surface area contributed by atoms with Gasteiger partial charge in [0.1, 0.15) is 31.8 Å². The van der Waals surface area contributed by atoms with E-state index in [0.717, 1.165) is 0 Å². The number of nitrogens with zero attached hydrogens (tertiary/aromatic N) is 4. The fraction of sp³-hybridized carbons (Fsp3) is 0.545. The van der Waals surface area contributed by atoms with Crippen LogP contribution in [0.25, 0.3) is 11.2 Å². The number of phosphoric acid groups is 1. The second-order valence-corrected chi connectivity index (χ2v) is 11.7. The van der Waals surface area contributed by atoms with Crippen LogP contribution in [0.1, 0.15) is 12.6 Å². The molecule has 16 nitrogen and oxygen atoms in total. The van der Waals surface area contributed by atoms with Crippen LogP contribution in [0.5, 0.6) is 0 Å². The Bertz CT molecular complexity index is 1070. The third kappa shape index (κ3) is 5.69.